The van der Waals surface area contributed by atoms with E-state index in [4.69, 9.17) is 11.6 Å². The molecule has 0 saturated carbocycles. The van der Waals surface area contributed by atoms with Crippen molar-refractivity contribution in [1.82, 2.24) is 4.90 Å². The summed E-state index contributed by atoms with van der Waals surface area (Å²) in [5.74, 6) is 1.44. The number of carbonyl (C=O) groups excluding carboxylic acids is 2. The molecular formula is C15H18ClNO3S. The van der Waals surface area contributed by atoms with Crippen molar-refractivity contribution in [1.29, 1.82) is 0 Å². The van der Waals surface area contributed by atoms with E-state index in [1.165, 1.54) is 7.11 Å². The summed E-state index contributed by atoms with van der Waals surface area (Å²) in [4.78, 5) is 25.4. The van der Waals surface area contributed by atoms with Crippen LogP contribution in [0.5, 0.6) is 0 Å². The van der Waals surface area contributed by atoms with Crippen molar-refractivity contribution in [3.8, 4) is 0 Å². The van der Waals surface area contributed by atoms with Crippen LogP contribution in [0.25, 0.3) is 0 Å². The van der Waals surface area contributed by atoms with Crippen molar-refractivity contribution in [2.75, 3.05) is 25.2 Å². The maximum absolute atomic E-state index is 12.4. The number of thioether (sulfide) groups is 1. The Morgan fingerprint density at radius 3 is 2.71 bits per heavy atom. The quantitative estimate of drug-likeness (QED) is 0.798. The van der Waals surface area contributed by atoms with Crippen LogP contribution in [-0.2, 0) is 14.3 Å². The molecule has 0 radical (unpaired) electrons. The number of hydrogen-bond acceptors (Lipinski definition) is 4. The van der Waals surface area contributed by atoms with Crippen molar-refractivity contribution in [2.45, 2.75) is 18.9 Å². The predicted octanol–water partition coefficient (Wildman–Crippen LogP) is 2.91. The fraction of sp³-hybridized carbons (Fsp3) is 0.467. The van der Waals surface area contributed by atoms with E-state index in [-0.39, 0.29) is 30.8 Å². The third kappa shape index (κ3) is 4.38. The zero-order valence-electron chi connectivity index (χ0n) is 11.9. The average Bonchev–Trinajstić information content (AvgIpc) is 2.53. The molecule has 0 N–H and O–H groups in total. The molecule has 1 saturated heterocycles. The van der Waals surface area contributed by atoms with Gasteiger partial charge >= 0.3 is 5.97 Å². The van der Waals surface area contributed by atoms with Gasteiger partial charge in [-0.2, -0.15) is 11.8 Å². The molecule has 1 amide bonds. The zero-order chi connectivity index (χ0) is 15.2. The standard InChI is InChI=1S/C15H18ClNO3S/c1-20-15(19)7-6-14(18)17-8-9-21-10-13(17)11-2-4-12(16)5-3-11/h2-5,13H,6-10H2,1H3/t13-/m1/s1. The van der Waals surface area contributed by atoms with Crippen LogP contribution in [0.3, 0.4) is 0 Å². The number of methoxy groups -OCH3 is 1. The highest BCUT2D eigenvalue weighted by atomic mass is 35.5. The van der Waals surface area contributed by atoms with Gasteiger partial charge in [0.25, 0.3) is 0 Å². The minimum Gasteiger partial charge on any atom is -0.469 e. The van der Waals surface area contributed by atoms with Crippen LogP contribution in [0.4, 0.5) is 0 Å². The normalized spacial score (nSPS) is 18.4. The lowest BCUT2D eigenvalue weighted by molar-refractivity contribution is -0.144. The van der Waals surface area contributed by atoms with Crippen LogP contribution in [-0.4, -0.2) is 41.9 Å². The Bertz CT molecular complexity index is 506. The maximum Gasteiger partial charge on any atom is 0.306 e. The Labute approximate surface area is 133 Å². The van der Waals surface area contributed by atoms with E-state index in [2.05, 4.69) is 4.74 Å². The summed E-state index contributed by atoms with van der Waals surface area (Å²) in [5, 5.41) is 0.686. The van der Waals surface area contributed by atoms with Gasteiger partial charge in [-0.1, -0.05) is 23.7 Å². The lowest BCUT2D eigenvalue weighted by Crippen LogP contribution is -2.40. The Balaban J connectivity index is 2.06. The zero-order valence-corrected chi connectivity index (χ0v) is 13.5. The van der Waals surface area contributed by atoms with Crippen molar-refractivity contribution in [3.05, 3.63) is 34.9 Å². The fourth-order valence-electron chi connectivity index (χ4n) is 2.32. The number of esters is 1. The summed E-state index contributed by atoms with van der Waals surface area (Å²) in [5.41, 5.74) is 1.08. The highest BCUT2D eigenvalue weighted by Gasteiger charge is 2.28. The summed E-state index contributed by atoms with van der Waals surface area (Å²) >= 11 is 7.75. The highest BCUT2D eigenvalue weighted by molar-refractivity contribution is 7.99. The molecular weight excluding hydrogens is 310 g/mol. The first-order valence-corrected chi connectivity index (χ1v) is 8.34. The van der Waals surface area contributed by atoms with Gasteiger partial charge in [-0.3, -0.25) is 9.59 Å². The number of benzene rings is 1. The smallest absolute Gasteiger partial charge is 0.306 e. The van der Waals surface area contributed by atoms with Gasteiger partial charge in [0.1, 0.15) is 0 Å². The second-order valence-corrected chi connectivity index (χ2v) is 6.39. The molecule has 0 unspecified atom stereocenters. The van der Waals surface area contributed by atoms with Gasteiger partial charge < -0.3 is 9.64 Å². The van der Waals surface area contributed by atoms with E-state index in [0.717, 1.165) is 17.1 Å². The first kappa shape index (κ1) is 16.2. The van der Waals surface area contributed by atoms with E-state index in [0.29, 0.717) is 11.6 Å². The minimum absolute atomic E-state index is 0.000602. The average molecular weight is 328 g/mol. The van der Waals surface area contributed by atoms with E-state index in [1.54, 1.807) is 0 Å². The molecule has 1 aliphatic rings. The van der Waals surface area contributed by atoms with Crippen LogP contribution in [0, 0.1) is 0 Å². The van der Waals surface area contributed by atoms with Gasteiger partial charge in [0.05, 0.1) is 19.6 Å². The van der Waals surface area contributed by atoms with Crippen molar-refractivity contribution in [3.63, 3.8) is 0 Å². The first-order chi connectivity index (χ1) is 10.1. The maximum atomic E-state index is 12.4. The molecule has 1 fully saturated rings. The molecule has 2 rings (SSSR count). The lowest BCUT2D eigenvalue weighted by Gasteiger charge is -2.36. The minimum atomic E-state index is -0.349. The molecule has 0 bridgehead atoms. The molecule has 4 nitrogen and oxygen atoms in total. The summed E-state index contributed by atoms with van der Waals surface area (Å²) in [6, 6.07) is 7.64. The fourth-order valence-corrected chi connectivity index (χ4v) is 3.53. The molecule has 1 heterocycles. The van der Waals surface area contributed by atoms with Crippen LogP contribution in [0.15, 0.2) is 24.3 Å². The molecule has 114 valence electrons. The molecule has 1 atom stereocenters. The molecule has 0 spiro atoms. The number of rotatable bonds is 4. The second kappa shape index (κ2) is 7.71. The van der Waals surface area contributed by atoms with Gasteiger partial charge in [0.15, 0.2) is 0 Å². The van der Waals surface area contributed by atoms with E-state index < -0.39 is 0 Å². The summed E-state index contributed by atoms with van der Waals surface area (Å²) in [7, 11) is 1.33. The van der Waals surface area contributed by atoms with E-state index in [9.17, 15) is 9.59 Å². The number of hydrogen-bond donors (Lipinski definition) is 0. The Kier molecular flexibility index (Phi) is 5.94. The predicted molar refractivity (Wildman–Crippen MR) is 84.5 cm³/mol. The number of amides is 1. The molecule has 1 aromatic carbocycles. The Morgan fingerprint density at radius 2 is 2.05 bits per heavy atom. The van der Waals surface area contributed by atoms with Gasteiger partial charge in [-0.15, -0.1) is 0 Å². The molecule has 21 heavy (non-hydrogen) atoms. The lowest BCUT2D eigenvalue weighted by atomic mass is 10.1. The van der Waals surface area contributed by atoms with Crippen molar-refractivity contribution < 1.29 is 14.3 Å². The second-order valence-electron chi connectivity index (χ2n) is 4.81. The number of halogens is 1. The largest absolute Gasteiger partial charge is 0.469 e. The summed E-state index contributed by atoms with van der Waals surface area (Å²) in [6.07, 6.45) is 0.327. The monoisotopic (exact) mass is 327 g/mol. The SMILES string of the molecule is COC(=O)CCC(=O)N1CCSC[C@@H]1c1ccc(Cl)cc1. The first-order valence-electron chi connectivity index (χ1n) is 6.81. The molecule has 0 aromatic heterocycles. The highest BCUT2D eigenvalue weighted by Crippen LogP contribution is 2.30. The topological polar surface area (TPSA) is 46.6 Å². The summed E-state index contributed by atoms with van der Waals surface area (Å²) in [6.45, 7) is 0.706. The van der Waals surface area contributed by atoms with Crippen LogP contribution in [0.2, 0.25) is 5.02 Å². The van der Waals surface area contributed by atoms with Crippen LogP contribution >= 0.6 is 23.4 Å². The molecule has 6 heteroatoms. The molecule has 1 aliphatic heterocycles. The van der Waals surface area contributed by atoms with Gasteiger partial charge in [0.2, 0.25) is 5.91 Å². The molecule has 0 aliphatic carbocycles. The van der Waals surface area contributed by atoms with Gasteiger partial charge in [0, 0.05) is 29.5 Å². The van der Waals surface area contributed by atoms with Crippen molar-refractivity contribution in [2.24, 2.45) is 0 Å². The number of ether oxygens (including phenoxy) is 1. The molecule has 1 aromatic rings. The Hall–Kier alpha value is -1.20. The van der Waals surface area contributed by atoms with Crippen molar-refractivity contribution >= 4 is 35.2 Å². The number of carbonyl (C=O) groups is 2. The Morgan fingerprint density at radius 1 is 1.33 bits per heavy atom. The van der Waals surface area contributed by atoms with Crippen LogP contribution < -0.4 is 0 Å². The van der Waals surface area contributed by atoms with Gasteiger partial charge in [-0.25, -0.2) is 0 Å². The van der Waals surface area contributed by atoms with E-state index in [1.807, 2.05) is 40.9 Å². The van der Waals surface area contributed by atoms with Gasteiger partial charge in [-0.05, 0) is 17.7 Å². The third-order valence-electron chi connectivity index (χ3n) is 3.47. The number of nitrogens with zero attached hydrogens (tertiary/aromatic N) is 1. The third-order valence-corrected chi connectivity index (χ3v) is 4.75. The van der Waals surface area contributed by atoms with E-state index >= 15 is 0 Å². The van der Waals surface area contributed by atoms with Crippen LogP contribution in [0.1, 0.15) is 24.4 Å². The summed E-state index contributed by atoms with van der Waals surface area (Å²) < 4.78 is 4.58.